The third-order valence-electron chi connectivity index (χ3n) is 3.18. The summed E-state index contributed by atoms with van der Waals surface area (Å²) in [6.07, 6.45) is 2.79. The Morgan fingerprint density at radius 2 is 1.95 bits per heavy atom. The van der Waals surface area contributed by atoms with Crippen molar-refractivity contribution in [3.8, 4) is 0 Å². The lowest BCUT2D eigenvalue weighted by Gasteiger charge is -2.16. The second-order valence-corrected chi connectivity index (χ2v) is 4.97. The summed E-state index contributed by atoms with van der Waals surface area (Å²) in [6, 6.07) is 8.79. The first-order valence-corrected chi connectivity index (χ1v) is 6.82. The first-order chi connectivity index (χ1) is 9.10. The van der Waals surface area contributed by atoms with Crippen LogP contribution in [0.1, 0.15) is 36.6 Å². The number of benzene rings is 1. The molecule has 1 unspecified atom stereocenters. The zero-order chi connectivity index (χ0) is 13.8. The van der Waals surface area contributed by atoms with Crippen molar-refractivity contribution in [2.45, 2.75) is 33.2 Å². The second-order valence-electron chi connectivity index (χ2n) is 4.63. The number of hydrogen-bond donors (Lipinski definition) is 1. The van der Waals surface area contributed by atoms with Crippen molar-refractivity contribution in [3.63, 3.8) is 0 Å². The van der Waals surface area contributed by atoms with E-state index in [1.54, 1.807) is 6.20 Å². The van der Waals surface area contributed by atoms with Crippen molar-refractivity contribution in [2.24, 2.45) is 0 Å². The molecule has 1 aromatic heterocycles. The molecule has 0 bridgehead atoms. The van der Waals surface area contributed by atoms with Crippen LogP contribution in [0.2, 0.25) is 5.28 Å². The lowest BCUT2D eigenvalue weighted by molar-refractivity contribution is 0.866. The molecule has 0 aliphatic heterocycles. The summed E-state index contributed by atoms with van der Waals surface area (Å²) >= 11 is 5.82. The van der Waals surface area contributed by atoms with Crippen LogP contribution in [0.3, 0.4) is 0 Å². The van der Waals surface area contributed by atoms with Gasteiger partial charge in [-0.05, 0) is 43.0 Å². The van der Waals surface area contributed by atoms with E-state index in [9.17, 15) is 0 Å². The molecule has 0 amide bonds. The van der Waals surface area contributed by atoms with Crippen LogP contribution in [0.15, 0.2) is 30.5 Å². The summed E-state index contributed by atoms with van der Waals surface area (Å²) in [7, 11) is 0. The first kappa shape index (κ1) is 13.8. The number of anilines is 1. The molecule has 2 rings (SSSR count). The fourth-order valence-electron chi connectivity index (χ4n) is 1.90. The molecular weight excluding hydrogens is 258 g/mol. The maximum absolute atomic E-state index is 5.82. The highest BCUT2D eigenvalue weighted by molar-refractivity contribution is 6.28. The summed E-state index contributed by atoms with van der Waals surface area (Å²) < 4.78 is 0. The van der Waals surface area contributed by atoms with Gasteiger partial charge in [-0.15, -0.1) is 0 Å². The normalized spacial score (nSPS) is 12.2. The number of nitrogens with one attached hydrogen (secondary N) is 1. The van der Waals surface area contributed by atoms with Crippen molar-refractivity contribution < 1.29 is 0 Å². The highest BCUT2D eigenvalue weighted by Gasteiger charge is 2.09. The van der Waals surface area contributed by atoms with Gasteiger partial charge in [-0.3, -0.25) is 0 Å². The largest absolute Gasteiger partial charge is 0.363 e. The van der Waals surface area contributed by atoms with Gasteiger partial charge in [0.2, 0.25) is 5.28 Å². The van der Waals surface area contributed by atoms with E-state index in [0.29, 0.717) is 0 Å². The Balaban J connectivity index is 2.15. The van der Waals surface area contributed by atoms with Crippen LogP contribution in [0.5, 0.6) is 0 Å². The minimum Gasteiger partial charge on any atom is -0.363 e. The van der Waals surface area contributed by atoms with E-state index < -0.39 is 0 Å². The number of hydrogen-bond acceptors (Lipinski definition) is 3. The first-order valence-electron chi connectivity index (χ1n) is 6.44. The summed E-state index contributed by atoms with van der Waals surface area (Å²) in [6.45, 7) is 6.23. The fraction of sp³-hybridized carbons (Fsp3) is 0.333. The van der Waals surface area contributed by atoms with E-state index in [1.165, 1.54) is 11.1 Å². The van der Waals surface area contributed by atoms with Crippen molar-refractivity contribution in [3.05, 3.63) is 52.4 Å². The third kappa shape index (κ3) is 3.44. The monoisotopic (exact) mass is 275 g/mol. The van der Waals surface area contributed by atoms with Crippen molar-refractivity contribution >= 4 is 17.4 Å². The number of rotatable bonds is 4. The Hall–Kier alpha value is -1.61. The fourth-order valence-corrected chi connectivity index (χ4v) is 2.03. The van der Waals surface area contributed by atoms with Crippen LogP contribution < -0.4 is 5.32 Å². The summed E-state index contributed by atoms with van der Waals surface area (Å²) in [5, 5.41) is 3.63. The van der Waals surface area contributed by atoms with Crippen molar-refractivity contribution in [1.29, 1.82) is 0 Å². The van der Waals surface area contributed by atoms with Crippen molar-refractivity contribution in [1.82, 2.24) is 9.97 Å². The van der Waals surface area contributed by atoms with Gasteiger partial charge >= 0.3 is 0 Å². The molecule has 0 saturated carbocycles. The Morgan fingerprint density at radius 1 is 1.26 bits per heavy atom. The average Bonchev–Trinajstić information content (AvgIpc) is 2.43. The Morgan fingerprint density at radius 3 is 2.58 bits per heavy atom. The molecular formula is C15H18ClN3. The van der Waals surface area contributed by atoms with Crippen LogP contribution in [0.25, 0.3) is 0 Å². The lowest BCUT2D eigenvalue weighted by Crippen LogP contribution is -2.09. The van der Waals surface area contributed by atoms with Gasteiger partial charge in [0.15, 0.2) is 0 Å². The third-order valence-corrected chi connectivity index (χ3v) is 3.37. The Bertz CT molecular complexity index is 552. The van der Waals surface area contributed by atoms with Gasteiger partial charge in [0, 0.05) is 17.8 Å². The van der Waals surface area contributed by atoms with Gasteiger partial charge in [-0.25, -0.2) is 9.97 Å². The second kappa shape index (κ2) is 6.02. The molecule has 0 radical (unpaired) electrons. The highest BCUT2D eigenvalue weighted by Crippen LogP contribution is 2.21. The molecule has 2 aromatic rings. The van der Waals surface area contributed by atoms with Gasteiger partial charge in [0.1, 0.15) is 5.82 Å². The number of nitrogens with zero attached hydrogens (tertiary/aromatic N) is 2. The zero-order valence-electron chi connectivity index (χ0n) is 11.4. The predicted octanol–water partition coefficient (Wildman–Crippen LogP) is 4.17. The molecule has 19 heavy (non-hydrogen) atoms. The Labute approximate surface area is 119 Å². The van der Waals surface area contributed by atoms with Gasteiger partial charge in [-0.2, -0.15) is 0 Å². The van der Waals surface area contributed by atoms with Crippen LogP contribution in [0, 0.1) is 6.92 Å². The van der Waals surface area contributed by atoms with E-state index in [1.807, 2.05) is 6.92 Å². The van der Waals surface area contributed by atoms with E-state index in [2.05, 4.69) is 53.4 Å². The molecule has 3 nitrogen and oxygen atoms in total. The van der Waals surface area contributed by atoms with E-state index >= 15 is 0 Å². The summed E-state index contributed by atoms with van der Waals surface area (Å²) in [5.41, 5.74) is 3.56. The lowest BCUT2D eigenvalue weighted by atomic mass is 10.0. The average molecular weight is 276 g/mol. The number of halogens is 1. The molecule has 1 N–H and O–H groups in total. The summed E-state index contributed by atoms with van der Waals surface area (Å²) in [5.74, 6) is 0.784. The SMILES string of the molecule is CCc1ccc(C(C)Nc2nc(Cl)ncc2C)cc1. The minimum atomic E-state index is 0.176. The van der Waals surface area contributed by atoms with E-state index in [-0.39, 0.29) is 11.3 Å². The molecule has 0 aliphatic rings. The maximum Gasteiger partial charge on any atom is 0.224 e. The van der Waals surface area contributed by atoms with Crippen LogP contribution in [-0.4, -0.2) is 9.97 Å². The molecule has 1 aromatic carbocycles. The standard InChI is InChI=1S/C15H18ClN3/c1-4-12-5-7-13(8-6-12)11(3)18-14-10(2)9-17-15(16)19-14/h5-9,11H,4H2,1-3H3,(H,17,18,19). The number of aryl methyl sites for hydroxylation is 2. The minimum absolute atomic E-state index is 0.176. The van der Waals surface area contributed by atoms with Gasteiger partial charge in [0.25, 0.3) is 0 Å². The van der Waals surface area contributed by atoms with E-state index in [4.69, 9.17) is 11.6 Å². The van der Waals surface area contributed by atoms with Crippen LogP contribution >= 0.6 is 11.6 Å². The summed E-state index contributed by atoms with van der Waals surface area (Å²) in [4.78, 5) is 8.17. The number of aromatic nitrogens is 2. The smallest absolute Gasteiger partial charge is 0.224 e. The van der Waals surface area contributed by atoms with Gasteiger partial charge in [-0.1, -0.05) is 31.2 Å². The molecule has 0 saturated heterocycles. The maximum atomic E-state index is 5.82. The van der Waals surface area contributed by atoms with Gasteiger partial charge < -0.3 is 5.32 Å². The quantitative estimate of drug-likeness (QED) is 0.851. The topological polar surface area (TPSA) is 37.8 Å². The van der Waals surface area contributed by atoms with Crippen LogP contribution in [0.4, 0.5) is 5.82 Å². The molecule has 1 heterocycles. The predicted molar refractivity (Wildman–Crippen MR) is 79.6 cm³/mol. The molecule has 0 aliphatic carbocycles. The molecule has 0 spiro atoms. The Kier molecular flexibility index (Phi) is 4.38. The van der Waals surface area contributed by atoms with E-state index in [0.717, 1.165) is 17.8 Å². The van der Waals surface area contributed by atoms with Crippen molar-refractivity contribution in [2.75, 3.05) is 5.32 Å². The molecule has 1 atom stereocenters. The van der Waals surface area contributed by atoms with Gasteiger partial charge in [0.05, 0.1) is 0 Å². The van der Waals surface area contributed by atoms with Crippen LogP contribution in [-0.2, 0) is 6.42 Å². The molecule has 4 heteroatoms. The zero-order valence-corrected chi connectivity index (χ0v) is 12.2. The molecule has 100 valence electrons. The highest BCUT2D eigenvalue weighted by atomic mass is 35.5. The molecule has 0 fully saturated rings.